The molecule has 4 heterocycles. The van der Waals surface area contributed by atoms with Crippen molar-refractivity contribution in [1.82, 2.24) is 19.7 Å². The standard InChI is InChI=1S/C43H50N6O3S.CH4/c1-27-18-42(6)19-28(2)21-43(20-27,25-42)26-49-23-30(22-44-49)31-14-15-36(46-37(31)39(51)52-41(3,4)5)48-17-16-29-10-9-11-32(33(29)24-48)38(50)47-40-45-34-12-7-8-13-35(34)53-40;/h7-15,22-23,27-28H,16-21,24-26H2,1-6H3,(H,45,47,50);1H4. The molecule has 0 saturated heterocycles. The number of hydrogen-bond acceptors (Lipinski definition) is 8. The maximum atomic E-state index is 13.9. The van der Waals surface area contributed by atoms with Gasteiger partial charge in [0.25, 0.3) is 5.91 Å². The Hall–Kier alpha value is -4.57. The summed E-state index contributed by atoms with van der Waals surface area (Å²) < 4.78 is 9.05. The van der Waals surface area contributed by atoms with E-state index in [0.717, 1.165) is 39.9 Å². The van der Waals surface area contributed by atoms with Gasteiger partial charge in [-0.2, -0.15) is 5.10 Å². The van der Waals surface area contributed by atoms with Gasteiger partial charge in [-0.15, -0.1) is 0 Å². The maximum absolute atomic E-state index is 13.9. The molecule has 54 heavy (non-hydrogen) atoms. The quantitative estimate of drug-likeness (QED) is 0.165. The zero-order chi connectivity index (χ0) is 37.1. The van der Waals surface area contributed by atoms with Crippen LogP contribution in [0, 0.1) is 22.7 Å². The summed E-state index contributed by atoms with van der Waals surface area (Å²) in [5.74, 6) is 1.42. The van der Waals surface area contributed by atoms with Gasteiger partial charge >= 0.3 is 5.97 Å². The number of hydrogen-bond donors (Lipinski definition) is 1. The maximum Gasteiger partial charge on any atom is 0.358 e. The summed E-state index contributed by atoms with van der Waals surface area (Å²) >= 11 is 1.46. The number of thiazole rings is 1. The van der Waals surface area contributed by atoms with Crippen molar-refractivity contribution in [3.8, 4) is 11.1 Å². The molecule has 8 rings (SSSR count). The lowest BCUT2D eigenvalue weighted by atomic mass is 9.51. The molecule has 2 unspecified atom stereocenters. The Balaban J connectivity index is 0.00000450. The van der Waals surface area contributed by atoms with E-state index in [9.17, 15) is 9.59 Å². The predicted molar refractivity (Wildman–Crippen MR) is 218 cm³/mol. The van der Waals surface area contributed by atoms with Crippen molar-refractivity contribution in [3.05, 3.63) is 89.4 Å². The molecule has 10 heteroatoms. The predicted octanol–water partition coefficient (Wildman–Crippen LogP) is 10.2. The Bertz CT molecular complexity index is 2150. The molecule has 2 aromatic carbocycles. The monoisotopic (exact) mass is 746 g/mol. The third kappa shape index (κ3) is 7.67. The number of ether oxygens (including phenoxy) is 1. The average molecular weight is 747 g/mol. The van der Waals surface area contributed by atoms with Crippen molar-refractivity contribution in [1.29, 1.82) is 0 Å². The first-order valence-electron chi connectivity index (χ1n) is 19.0. The number of para-hydroxylation sites is 1. The topological polar surface area (TPSA) is 102 Å². The van der Waals surface area contributed by atoms with Crippen LogP contribution in [-0.4, -0.2) is 43.8 Å². The van der Waals surface area contributed by atoms with Gasteiger partial charge in [-0.25, -0.2) is 14.8 Å². The van der Waals surface area contributed by atoms with E-state index in [-0.39, 0.29) is 24.4 Å². The first-order chi connectivity index (χ1) is 25.2. The highest BCUT2D eigenvalue weighted by molar-refractivity contribution is 7.22. The van der Waals surface area contributed by atoms with E-state index >= 15 is 0 Å². The van der Waals surface area contributed by atoms with Gasteiger partial charge in [0, 0.05) is 42.5 Å². The highest BCUT2D eigenvalue weighted by Gasteiger charge is 2.50. The van der Waals surface area contributed by atoms with Gasteiger partial charge < -0.3 is 9.64 Å². The van der Waals surface area contributed by atoms with Crippen molar-refractivity contribution in [2.24, 2.45) is 22.7 Å². The third-order valence-corrected chi connectivity index (χ3v) is 12.3. The summed E-state index contributed by atoms with van der Waals surface area (Å²) in [6.45, 7) is 15.0. The Morgan fingerprint density at radius 1 is 0.981 bits per heavy atom. The SMILES string of the molecule is C.CC1CC2(C)CC(C)CC(Cn3cc(-c4ccc(N5CCc6cccc(C(=O)Nc7nc8ccccc8s7)c6C5)nc4C(=O)OC(C)(C)C)cn3)(C1)C2. The number of fused-ring (bicyclic) bond motifs is 4. The van der Waals surface area contributed by atoms with Crippen LogP contribution in [0.4, 0.5) is 10.9 Å². The Morgan fingerprint density at radius 3 is 2.48 bits per heavy atom. The molecule has 1 amide bonds. The van der Waals surface area contributed by atoms with Gasteiger partial charge in [-0.05, 0) is 123 Å². The number of aromatic nitrogens is 4. The number of carbonyl (C=O) groups is 2. The average Bonchev–Trinajstić information content (AvgIpc) is 3.71. The lowest BCUT2D eigenvalue weighted by Crippen LogP contribution is -2.46. The summed E-state index contributed by atoms with van der Waals surface area (Å²) in [6.07, 6.45) is 11.0. The van der Waals surface area contributed by atoms with Gasteiger partial charge in [-0.3, -0.25) is 14.8 Å². The number of rotatable bonds is 7. The summed E-state index contributed by atoms with van der Waals surface area (Å²) in [4.78, 5) is 39.3. The Morgan fingerprint density at radius 2 is 1.74 bits per heavy atom. The number of amides is 1. The summed E-state index contributed by atoms with van der Waals surface area (Å²) in [5.41, 5.74) is 5.34. The minimum Gasteiger partial charge on any atom is -0.455 e. The number of pyridine rings is 1. The lowest BCUT2D eigenvalue weighted by molar-refractivity contribution is -0.0507. The van der Waals surface area contributed by atoms with Crippen LogP contribution in [-0.2, 0) is 24.2 Å². The van der Waals surface area contributed by atoms with Crippen LogP contribution in [0.1, 0.15) is 113 Å². The molecule has 9 nitrogen and oxygen atoms in total. The molecular formula is C44H54N6O3S. The van der Waals surface area contributed by atoms with Crippen LogP contribution in [0.2, 0.25) is 0 Å². The van der Waals surface area contributed by atoms with Crippen molar-refractivity contribution < 1.29 is 14.3 Å². The minimum absolute atomic E-state index is 0. The van der Waals surface area contributed by atoms with E-state index < -0.39 is 11.6 Å². The van der Waals surface area contributed by atoms with Crippen molar-refractivity contribution >= 4 is 44.4 Å². The minimum atomic E-state index is -0.688. The van der Waals surface area contributed by atoms with Crippen LogP contribution < -0.4 is 10.2 Å². The fourth-order valence-electron chi connectivity index (χ4n) is 10.2. The largest absolute Gasteiger partial charge is 0.455 e. The molecule has 2 aliphatic carbocycles. The van der Waals surface area contributed by atoms with Crippen LogP contribution >= 0.6 is 11.3 Å². The van der Waals surface area contributed by atoms with Gasteiger partial charge in [0.05, 0.1) is 16.4 Å². The number of esters is 1. The van der Waals surface area contributed by atoms with Crippen LogP contribution in [0.25, 0.3) is 21.3 Å². The molecular weight excluding hydrogens is 693 g/mol. The number of anilines is 2. The molecule has 3 aliphatic rings. The lowest BCUT2D eigenvalue weighted by Gasteiger charge is -2.55. The molecule has 2 saturated carbocycles. The van der Waals surface area contributed by atoms with E-state index in [4.69, 9.17) is 14.8 Å². The molecule has 2 bridgehead atoms. The normalized spacial score (nSPS) is 23.7. The fourth-order valence-corrected chi connectivity index (χ4v) is 11.1. The van der Waals surface area contributed by atoms with Crippen LogP contribution in [0.3, 0.4) is 0 Å². The second kappa shape index (κ2) is 14.3. The van der Waals surface area contributed by atoms with Gasteiger partial charge in [0.1, 0.15) is 11.4 Å². The zero-order valence-corrected chi connectivity index (χ0v) is 32.6. The fraction of sp³-hybridized carbons (Fsp3) is 0.477. The summed E-state index contributed by atoms with van der Waals surface area (Å²) in [6, 6.07) is 17.7. The molecule has 2 atom stereocenters. The van der Waals surface area contributed by atoms with Gasteiger partial charge in [-0.1, -0.05) is 63.8 Å². The highest BCUT2D eigenvalue weighted by atomic mass is 32.1. The van der Waals surface area contributed by atoms with Gasteiger partial charge in [0.2, 0.25) is 0 Å². The molecule has 284 valence electrons. The van der Waals surface area contributed by atoms with Crippen molar-refractivity contribution in [3.63, 3.8) is 0 Å². The first-order valence-corrected chi connectivity index (χ1v) is 19.9. The molecule has 0 radical (unpaired) electrons. The van der Waals surface area contributed by atoms with Crippen molar-refractivity contribution in [2.45, 2.75) is 106 Å². The zero-order valence-electron chi connectivity index (χ0n) is 31.7. The number of nitrogens with zero attached hydrogens (tertiary/aromatic N) is 5. The summed E-state index contributed by atoms with van der Waals surface area (Å²) in [7, 11) is 0. The second-order valence-corrected chi connectivity index (χ2v) is 18.6. The Kier molecular flexibility index (Phi) is 9.96. The van der Waals surface area contributed by atoms with E-state index in [1.165, 1.54) is 43.4 Å². The number of benzene rings is 2. The third-order valence-electron chi connectivity index (χ3n) is 11.3. The van der Waals surface area contributed by atoms with Gasteiger partial charge in [0.15, 0.2) is 10.8 Å². The highest BCUT2D eigenvalue weighted by Crippen LogP contribution is 2.59. The number of carbonyl (C=O) groups excluding carboxylic acids is 2. The molecule has 3 aromatic heterocycles. The second-order valence-electron chi connectivity index (χ2n) is 17.6. The molecule has 1 N–H and O–H groups in total. The van der Waals surface area contributed by atoms with E-state index in [0.29, 0.717) is 52.4 Å². The molecule has 1 aliphatic heterocycles. The van der Waals surface area contributed by atoms with E-state index in [1.54, 1.807) is 0 Å². The Labute approximate surface area is 323 Å². The number of nitrogens with one attached hydrogen (secondary N) is 1. The molecule has 5 aromatic rings. The molecule has 0 spiro atoms. The van der Waals surface area contributed by atoms with E-state index in [1.807, 2.05) is 75.5 Å². The summed E-state index contributed by atoms with van der Waals surface area (Å²) in [5, 5.41) is 8.47. The van der Waals surface area contributed by atoms with E-state index in [2.05, 4.69) is 52.9 Å². The smallest absolute Gasteiger partial charge is 0.358 e. The molecule has 2 fully saturated rings. The van der Waals surface area contributed by atoms with Crippen LogP contribution in [0.15, 0.2) is 67.0 Å². The first kappa shape index (κ1) is 37.7. The van der Waals surface area contributed by atoms with Crippen LogP contribution in [0.5, 0.6) is 0 Å². The van der Waals surface area contributed by atoms with Crippen molar-refractivity contribution in [2.75, 3.05) is 16.8 Å².